The number of rotatable bonds is 1. The third-order valence-electron chi connectivity index (χ3n) is 3.81. The van der Waals surface area contributed by atoms with E-state index in [2.05, 4.69) is 0 Å². The van der Waals surface area contributed by atoms with Gasteiger partial charge in [0.05, 0.1) is 11.2 Å². The molecule has 6 heteroatoms. The molecule has 3 nitrogen and oxygen atoms in total. The van der Waals surface area contributed by atoms with E-state index < -0.39 is 17.3 Å². The maximum absolute atomic E-state index is 12.5. The van der Waals surface area contributed by atoms with Crippen molar-refractivity contribution < 1.29 is 23.1 Å². The molecule has 1 aromatic carbocycles. The zero-order valence-electron chi connectivity index (χ0n) is 11.8. The molecular formula is C15H18F3NO2. The quantitative estimate of drug-likeness (QED) is 0.866. The van der Waals surface area contributed by atoms with Crippen molar-refractivity contribution in [3.05, 3.63) is 35.4 Å². The molecule has 0 saturated carbocycles. The van der Waals surface area contributed by atoms with Crippen molar-refractivity contribution in [1.82, 2.24) is 4.90 Å². The molecule has 1 unspecified atom stereocenters. The second-order valence-corrected chi connectivity index (χ2v) is 5.72. The molecule has 1 N–H and O–H groups in total. The summed E-state index contributed by atoms with van der Waals surface area (Å²) in [5, 5.41) is 9.99. The van der Waals surface area contributed by atoms with Crippen molar-refractivity contribution in [3.63, 3.8) is 0 Å². The van der Waals surface area contributed by atoms with Gasteiger partial charge in [0, 0.05) is 18.7 Å². The number of carbonyl (C=O) groups is 1. The topological polar surface area (TPSA) is 40.5 Å². The van der Waals surface area contributed by atoms with Crippen molar-refractivity contribution in [2.75, 3.05) is 13.1 Å². The van der Waals surface area contributed by atoms with Gasteiger partial charge in [0.2, 0.25) is 0 Å². The van der Waals surface area contributed by atoms with Crippen LogP contribution in [0.1, 0.15) is 42.1 Å². The molecule has 1 aromatic rings. The zero-order valence-corrected chi connectivity index (χ0v) is 11.8. The molecule has 1 aliphatic heterocycles. The molecule has 21 heavy (non-hydrogen) atoms. The first-order valence-electron chi connectivity index (χ1n) is 6.88. The molecule has 1 aliphatic rings. The highest BCUT2D eigenvalue weighted by Gasteiger charge is 2.31. The first-order chi connectivity index (χ1) is 9.69. The highest BCUT2D eigenvalue weighted by molar-refractivity contribution is 5.94. The second kappa shape index (κ2) is 5.67. The fourth-order valence-corrected chi connectivity index (χ4v) is 2.45. The van der Waals surface area contributed by atoms with Gasteiger partial charge in [0.15, 0.2) is 0 Å². The van der Waals surface area contributed by atoms with E-state index in [0.717, 1.165) is 12.1 Å². The van der Waals surface area contributed by atoms with Crippen LogP contribution in [-0.4, -0.2) is 34.6 Å². The number of alkyl halides is 3. The molecule has 116 valence electrons. The summed E-state index contributed by atoms with van der Waals surface area (Å²) in [4.78, 5) is 13.9. The zero-order chi connectivity index (χ0) is 15.7. The lowest BCUT2D eigenvalue weighted by atomic mass is 9.98. The van der Waals surface area contributed by atoms with Crippen LogP contribution in [0.2, 0.25) is 0 Å². The minimum atomic E-state index is -4.40. The molecule has 0 bridgehead atoms. The molecule has 2 rings (SSSR count). The lowest BCUT2D eigenvalue weighted by Crippen LogP contribution is -2.33. The molecule has 0 aliphatic carbocycles. The van der Waals surface area contributed by atoms with E-state index in [1.54, 1.807) is 11.8 Å². The number of carbonyl (C=O) groups excluding carboxylic acids is 1. The fourth-order valence-electron chi connectivity index (χ4n) is 2.45. The smallest absolute Gasteiger partial charge is 0.390 e. The lowest BCUT2D eigenvalue weighted by Gasteiger charge is -2.22. The average molecular weight is 301 g/mol. The molecule has 0 radical (unpaired) electrons. The van der Waals surface area contributed by atoms with Crippen LogP contribution in [0, 0.1) is 0 Å². The molecule has 1 saturated heterocycles. The van der Waals surface area contributed by atoms with E-state index in [9.17, 15) is 23.1 Å². The van der Waals surface area contributed by atoms with E-state index in [4.69, 9.17) is 0 Å². The van der Waals surface area contributed by atoms with Crippen LogP contribution in [0.3, 0.4) is 0 Å². The Morgan fingerprint density at radius 3 is 2.38 bits per heavy atom. The van der Waals surface area contributed by atoms with Gasteiger partial charge >= 0.3 is 6.18 Å². The monoisotopic (exact) mass is 301 g/mol. The van der Waals surface area contributed by atoms with E-state index in [1.165, 1.54) is 12.1 Å². The van der Waals surface area contributed by atoms with Crippen LogP contribution in [0.4, 0.5) is 13.2 Å². The summed E-state index contributed by atoms with van der Waals surface area (Å²) < 4.78 is 37.5. The fraction of sp³-hybridized carbons (Fsp3) is 0.533. The van der Waals surface area contributed by atoms with Crippen molar-refractivity contribution in [2.45, 2.75) is 38.0 Å². The average Bonchev–Trinajstić information content (AvgIpc) is 2.58. The van der Waals surface area contributed by atoms with Crippen molar-refractivity contribution in [2.24, 2.45) is 0 Å². The number of aliphatic hydroxyl groups is 1. The predicted molar refractivity (Wildman–Crippen MR) is 71.8 cm³/mol. The number of likely N-dealkylation sites (tertiary alicyclic amines) is 1. The van der Waals surface area contributed by atoms with Gasteiger partial charge in [0.1, 0.15) is 0 Å². The number of amides is 1. The maximum Gasteiger partial charge on any atom is 0.416 e. The van der Waals surface area contributed by atoms with E-state index in [-0.39, 0.29) is 11.5 Å². The summed E-state index contributed by atoms with van der Waals surface area (Å²) in [5.74, 6) is -0.290. The van der Waals surface area contributed by atoms with Crippen molar-refractivity contribution >= 4 is 5.91 Å². The maximum atomic E-state index is 12.5. The Labute approximate surface area is 121 Å². The number of hydrogen-bond donors (Lipinski definition) is 1. The van der Waals surface area contributed by atoms with Gasteiger partial charge in [0.25, 0.3) is 5.91 Å². The van der Waals surface area contributed by atoms with Gasteiger partial charge in [-0.1, -0.05) is 0 Å². The molecule has 1 atom stereocenters. The summed E-state index contributed by atoms with van der Waals surface area (Å²) >= 11 is 0. The number of nitrogens with zero attached hydrogens (tertiary/aromatic N) is 1. The minimum absolute atomic E-state index is 0.240. The van der Waals surface area contributed by atoms with Crippen molar-refractivity contribution in [1.29, 1.82) is 0 Å². The van der Waals surface area contributed by atoms with E-state index in [1.807, 2.05) is 0 Å². The van der Waals surface area contributed by atoms with Crippen LogP contribution in [0.25, 0.3) is 0 Å². The Balaban J connectivity index is 2.09. The largest absolute Gasteiger partial charge is 0.416 e. The molecule has 1 amide bonds. The van der Waals surface area contributed by atoms with E-state index in [0.29, 0.717) is 32.4 Å². The van der Waals surface area contributed by atoms with Gasteiger partial charge in [-0.15, -0.1) is 0 Å². The molecule has 0 spiro atoms. The standard InChI is InChI=1S/C15H18F3NO2/c1-14(21)7-2-9-19(10-8-14)13(20)11-3-5-12(6-4-11)15(16,17)18/h3-6,21H,2,7-10H2,1H3. The highest BCUT2D eigenvalue weighted by Crippen LogP contribution is 2.29. The third kappa shape index (κ3) is 3.97. The predicted octanol–water partition coefficient (Wildman–Crippen LogP) is 3.08. The Morgan fingerprint density at radius 2 is 1.81 bits per heavy atom. The number of benzene rings is 1. The molecule has 0 aromatic heterocycles. The Bertz CT molecular complexity index is 509. The summed E-state index contributed by atoms with van der Waals surface area (Å²) in [5.41, 5.74) is -1.31. The van der Waals surface area contributed by atoms with Crippen LogP contribution in [0.5, 0.6) is 0 Å². The van der Waals surface area contributed by atoms with E-state index >= 15 is 0 Å². The second-order valence-electron chi connectivity index (χ2n) is 5.72. The normalized spacial score (nSPS) is 23.8. The minimum Gasteiger partial charge on any atom is -0.390 e. The summed E-state index contributed by atoms with van der Waals surface area (Å²) in [6, 6.07) is 4.24. The van der Waals surface area contributed by atoms with Crippen molar-refractivity contribution in [3.8, 4) is 0 Å². The lowest BCUT2D eigenvalue weighted by molar-refractivity contribution is -0.137. The first kappa shape index (κ1) is 15.8. The molecular weight excluding hydrogens is 283 g/mol. The van der Waals surface area contributed by atoms with Crippen LogP contribution in [-0.2, 0) is 6.18 Å². The van der Waals surface area contributed by atoms with Gasteiger partial charge in [-0.2, -0.15) is 13.2 Å². The van der Waals surface area contributed by atoms with Crippen LogP contribution < -0.4 is 0 Å². The summed E-state index contributed by atoms with van der Waals surface area (Å²) in [6.45, 7) is 2.65. The summed E-state index contributed by atoms with van der Waals surface area (Å²) in [7, 11) is 0. The first-order valence-corrected chi connectivity index (χ1v) is 6.88. The number of halogens is 3. The van der Waals surface area contributed by atoms with Crippen LogP contribution in [0.15, 0.2) is 24.3 Å². The third-order valence-corrected chi connectivity index (χ3v) is 3.81. The highest BCUT2D eigenvalue weighted by atomic mass is 19.4. The Morgan fingerprint density at radius 1 is 1.19 bits per heavy atom. The Kier molecular flexibility index (Phi) is 4.27. The SMILES string of the molecule is CC1(O)CCCN(C(=O)c2ccc(C(F)(F)F)cc2)CC1. The summed E-state index contributed by atoms with van der Waals surface area (Å²) in [6.07, 6.45) is -2.63. The Hall–Kier alpha value is -1.56. The van der Waals surface area contributed by atoms with Gasteiger partial charge in [-0.05, 0) is 50.5 Å². The molecule has 1 fully saturated rings. The van der Waals surface area contributed by atoms with Gasteiger partial charge in [-0.25, -0.2) is 0 Å². The van der Waals surface area contributed by atoms with Gasteiger partial charge in [-0.3, -0.25) is 4.79 Å². The molecule has 1 heterocycles. The van der Waals surface area contributed by atoms with Crippen LogP contribution >= 0.6 is 0 Å². The van der Waals surface area contributed by atoms with Gasteiger partial charge < -0.3 is 10.0 Å². The number of hydrogen-bond acceptors (Lipinski definition) is 2.